The van der Waals surface area contributed by atoms with E-state index in [2.05, 4.69) is 109 Å². The van der Waals surface area contributed by atoms with Crippen LogP contribution in [-0.2, 0) is 0 Å². The van der Waals surface area contributed by atoms with Gasteiger partial charge in [0.15, 0.2) is 0 Å². The lowest BCUT2D eigenvalue weighted by Gasteiger charge is -2.38. The third-order valence-corrected chi connectivity index (χ3v) is 5.84. The van der Waals surface area contributed by atoms with E-state index in [0.717, 1.165) is 5.57 Å². The third kappa shape index (κ3) is 4.69. The summed E-state index contributed by atoms with van der Waals surface area (Å²) in [5.74, 6) is 1.37. The second kappa shape index (κ2) is 9.04. The molecular weight excluding hydrogens is 324 g/mol. The molecule has 0 aliphatic rings. The van der Waals surface area contributed by atoms with Crippen molar-refractivity contribution in [1.82, 2.24) is 0 Å². The molecule has 142 valence electrons. The first kappa shape index (κ1) is 21.0. The fourth-order valence-corrected chi connectivity index (χ4v) is 4.53. The van der Waals surface area contributed by atoms with Crippen LogP contribution >= 0.6 is 0 Å². The summed E-state index contributed by atoms with van der Waals surface area (Å²) in [6, 6.07) is 19.4. The van der Waals surface area contributed by atoms with Crippen LogP contribution in [0.25, 0.3) is 5.57 Å². The standard InChI is InChI=1S/C27H34/c1-18(2)24-16-12-13-17-25(24)22(8)27(20(5)6)26(19(3)4)21(7)23-14-10-9-11-15-23/h9-17,21-22,26-27H,1,3,5H2,2,4,6-8H3. The van der Waals surface area contributed by atoms with Crippen molar-refractivity contribution in [2.45, 2.75) is 46.5 Å². The number of rotatable bonds is 8. The van der Waals surface area contributed by atoms with Gasteiger partial charge in [-0.25, -0.2) is 0 Å². The maximum Gasteiger partial charge on any atom is -0.00710 e. The number of allylic oxidation sites excluding steroid dienone is 3. The molecule has 0 saturated heterocycles. The minimum absolute atomic E-state index is 0.318. The summed E-state index contributed by atoms with van der Waals surface area (Å²) < 4.78 is 0. The minimum Gasteiger partial charge on any atom is -0.0998 e. The maximum absolute atomic E-state index is 4.39. The molecule has 0 amide bonds. The lowest BCUT2D eigenvalue weighted by molar-refractivity contribution is 0.336. The zero-order valence-electron chi connectivity index (χ0n) is 17.6. The largest absolute Gasteiger partial charge is 0.0998 e. The van der Waals surface area contributed by atoms with Crippen molar-refractivity contribution in [1.29, 1.82) is 0 Å². The van der Waals surface area contributed by atoms with Gasteiger partial charge in [0.1, 0.15) is 0 Å². The van der Waals surface area contributed by atoms with Crippen molar-refractivity contribution < 1.29 is 0 Å². The molecule has 2 rings (SSSR count). The molecule has 0 nitrogen and oxygen atoms in total. The van der Waals surface area contributed by atoms with Crippen molar-refractivity contribution in [3.05, 3.63) is 102 Å². The Hall–Kier alpha value is -2.34. The summed E-state index contributed by atoms with van der Waals surface area (Å²) in [5, 5.41) is 0. The predicted octanol–water partition coefficient (Wildman–Crippen LogP) is 8.01. The maximum atomic E-state index is 4.39. The van der Waals surface area contributed by atoms with Gasteiger partial charge < -0.3 is 0 Å². The van der Waals surface area contributed by atoms with Crippen molar-refractivity contribution >= 4 is 5.57 Å². The van der Waals surface area contributed by atoms with E-state index in [0.29, 0.717) is 23.7 Å². The molecule has 2 aromatic rings. The first-order valence-electron chi connectivity index (χ1n) is 9.86. The molecule has 0 heterocycles. The van der Waals surface area contributed by atoms with E-state index in [1.54, 1.807) is 0 Å². The number of hydrogen-bond acceptors (Lipinski definition) is 0. The molecule has 2 aromatic carbocycles. The Balaban J connectivity index is 2.52. The van der Waals surface area contributed by atoms with Gasteiger partial charge >= 0.3 is 0 Å². The molecule has 0 radical (unpaired) electrons. The van der Waals surface area contributed by atoms with Gasteiger partial charge in [0.25, 0.3) is 0 Å². The molecule has 27 heavy (non-hydrogen) atoms. The molecule has 0 spiro atoms. The summed E-state index contributed by atoms with van der Waals surface area (Å²) in [5.41, 5.74) is 7.51. The van der Waals surface area contributed by atoms with E-state index in [1.807, 2.05) is 0 Å². The molecule has 0 aliphatic carbocycles. The summed E-state index contributed by atoms with van der Waals surface area (Å²) in [4.78, 5) is 0. The van der Waals surface area contributed by atoms with Crippen LogP contribution in [0.2, 0.25) is 0 Å². The van der Waals surface area contributed by atoms with Gasteiger partial charge in [0.2, 0.25) is 0 Å². The Bertz CT molecular complexity index is 809. The fraction of sp³-hybridized carbons (Fsp3) is 0.333. The second-order valence-corrected chi connectivity index (χ2v) is 8.10. The van der Waals surface area contributed by atoms with Crippen molar-refractivity contribution in [2.75, 3.05) is 0 Å². The van der Waals surface area contributed by atoms with Crippen LogP contribution in [0.1, 0.15) is 63.1 Å². The molecule has 4 atom stereocenters. The van der Waals surface area contributed by atoms with E-state index in [9.17, 15) is 0 Å². The normalized spacial score (nSPS) is 15.4. The quantitative estimate of drug-likeness (QED) is 0.419. The van der Waals surface area contributed by atoms with Crippen LogP contribution in [0.3, 0.4) is 0 Å². The van der Waals surface area contributed by atoms with Crippen molar-refractivity contribution in [2.24, 2.45) is 11.8 Å². The van der Waals surface area contributed by atoms with Crippen LogP contribution in [-0.4, -0.2) is 0 Å². The van der Waals surface area contributed by atoms with Crippen LogP contribution < -0.4 is 0 Å². The highest BCUT2D eigenvalue weighted by Gasteiger charge is 2.34. The van der Waals surface area contributed by atoms with Gasteiger partial charge in [-0.3, -0.25) is 0 Å². The molecule has 0 aliphatic heterocycles. The molecular formula is C27H34. The average Bonchev–Trinajstić information content (AvgIpc) is 2.65. The molecule has 4 unspecified atom stereocenters. The Morgan fingerprint density at radius 3 is 1.67 bits per heavy atom. The van der Waals surface area contributed by atoms with Gasteiger partial charge in [0.05, 0.1) is 0 Å². The Morgan fingerprint density at radius 2 is 1.15 bits per heavy atom. The SMILES string of the molecule is C=C(C)c1ccccc1C(C)C(C(=C)C)C(C(=C)C)C(C)c1ccccc1. The smallest absolute Gasteiger partial charge is 0.00710 e. The summed E-state index contributed by atoms with van der Waals surface area (Å²) in [7, 11) is 0. The summed E-state index contributed by atoms with van der Waals surface area (Å²) in [6.45, 7) is 24.0. The fourth-order valence-electron chi connectivity index (χ4n) is 4.53. The lowest BCUT2D eigenvalue weighted by Crippen LogP contribution is -2.27. The van der Waals surface area contributed by atoms with Crippen molar-refractivity contribution in [3.63, 3.8) is 0 Å². The van der Waals surface area contributed by atoms with Gasteiger partial charge in [-0.1, -0.05) is 105 Å². The van der Waals surface area contributed by atoms with E-state index in [4.69, 9.17) is 0 Å². The Kier molecular flexibility index (Phi) is 7.02. The first-order valence-corrected chi connectivity index (χ1v) is 9.86. The van der Waals surface area contributed by atoms with E-state index in [-0.39, 0.29) is 0 Å². The monoisotopic (exact) mass is 358 g/mol. The highest BCUT2D eigenvalue weighted by molar-refractivity contribution is 5.65. The highest BCUT2D eigenvalue weighted by atomic mass is 14.4. The number of hydrogen-bond donors (Lipinski definition) is 0. The van der Waals surface area contributed by atoms with Crippen LogP contribution in [0.15, 0.2) is 85.5 Å². The molecule has 0 bridgehead atoms. The summed E-state index contributed by atoms with van der Waals surface area (Å²) >= 11 is 0. The molecule has 0 saturated carbocycles. The predicted molar refractivity (Wildman–Crippen MR) is 121 cm³/mol. The molecule has 0 fully saturated rings. The van der Waals surface area contributed by atoms with Crippen LogP contribution in [0.4, 0.5) is 0 Å². The van der Waals surface area contributed by atoms with Crippen molar-refractivity contribution in [3.8, 4) is 0 Å². The first-order chi connectivity index (χ1) is 12.8. The van der Waals surface area contributed by atoms with Gasteiger partial charge in [-0.15, -0.1) is 0 Å². The lowest BCUT2D eigenvalue weighted by atomic mass is 9.66. The van der Waals surface area contributed by atoms with E-state index in [1.165, 1.54) is 27.8 Å². The number of benzene rings is 2. The topological polar surface area (TPSA) is 0 Å². The highest BCUT2D eigenvalue weighted by Crippen LogP contribution is 2.45. The van der Waals surface area contributed by atoms with Crippen LogP contribution in [0.5, 0.6) is 0 Å². The Morgan fingerprint density at radius 1 is 0.667 bits per heavy atom. The second-order valence-electron chi connectivity index (χ2n) is 8.10. The van der Waals surface area contributed by atoms with Gasteiger partial charge in [0, 0.05) is 0 Å². The summed E-state index contributed by atoms with van der Waals surface area (Å²) in [6.07, 6.45) is 0. The average molecular weight is 359 g/mol. The van der Waals surface area contributed by atoms with Crippen LogP contribution in [0, 0.1) is 11.8 Å². The molecule has 0 heteroatoms. The zero-order chi connectivity index (χ0) is 20.1. The van der Waals surface area contributed by atoms with Gasteiger partial charge in [-0.2, -0.15) is 0 Å². The van der Waals surface area contributed by atoms with E-state index < -0.39 is 0 Å². The van der Waals surface area contributed by atoms with Gasteiger partial charge in [-0.05, 0) is 61.1 Å². The van der Waals surface area contributed by atoms with E-state index >= 15 is 0 Å². The molecule has 0 aromatic heterocycles. The third-order valence-electron chi connectivity index (χ3n) is 5.84. The molecule has 0 N–H and O–H groups in total. The Labute approximate surface area is 166 Å². The minimum atomic E-state index is 0.318. The zero-order valence-corrected chi connectivity index (χ0v) is 17.6.